The van der Waals surface area contributed by atoms with Crippen LogP contribution < -0.4 is 0 Å². The zero-order valence-electron chi connectivity index (χ0n) is 11.6. The quantitative estimate of drug-likeness (QED) is 0.791. The van der Waals surface area contributed by atoms with Gasteiger partial charge in [0.2, 0.25) is 0 Å². The number of aliphatic hydroxyl groups is 1. The van der Waals surface area contributed by atoms with E-state index in [1.165, 1.54) is 19.5 Å². The van der Waals surface area contributed by atoms with E-state index in [-0.39, 0.29) is 6.10 Å². The maximum atomic E-state index is 10.3. The normalized spacial score (nSPS) is 41.6. The molecule has 0 bridgehead atoms. The number of rotatable bonds is 2. The van der Waals surface area contributed by atoms with E-state index in [4.69, 9.17) is 0 Å². The highest BCUT2D eigenvalue weighted by molar-refractivity contribution is 4.91. The number of hydrogen-bond donors (Lipinski definition) is 1. The Labute approximate surface area is 106 Å². The van der Waals surface area contributed by atoms with Gasteiger partial charge in [0.25, 0.3) is 0 Å². The van der Waals surface area contributed by atoms with Crippen LogP contribution in [-0.4, -0.2) is 59.8 Å². The van der Waals surface area contributed by atoms with E-state index in [0.717, 1.165) is 26.1 Å². The summed E-state index contributed by atoms with van der Waals surface area (Å²) in [7, 11) is 0. The number of nitrogens with zero attached hydrogens (tertiary/aromatic N) is 2. The molecule has 3 heteroatoms. The highest BCUT2D eigenvalue weighted by Crippen LogP contribution is 2.32. The highest BCUT2D eigenvalue weighted by Gasteiger charge is 2.37. The Hall–Kier alpha value is -0.120. The SMILES string of the molecule is CCN1CCN(C2C(C)CC(C)CC2O)CC1. The number of likely N-dealkylation sites (N-methyl/N-ethyl adjacent to an activating group) is 1. The lowest BCUT2D eigenvalue weighted by Gasteiger charge is -2.46. The summed E-state index contributed by atoms with van der Waals surface area (Å²) in [6, 6.07) is 0.408. The Morgan fingerprint density at radius 1 is 1.06 bits per heavy atom. The molecule has 17 heavy (non-hydrogen) atoms. The van der Waals surface area contributed by atoms with Crippen molar-refractivity contribution >= 4 is 0 Å². The zero-order chi connectivity index (χ0) is 12.4. The van der Waals surface area contributed by atoms with Gasteiger partial charge in [0.1, 0.15) is 0 Å². The molecule has 1 N–H and O–H groups in total. The lowest BCUT2D eigenvalue weighted by molar-refractivity contribution is -0.0404. The summed E-state index contributed by atoms with van der Waals surface area (Å²) in [5, 5.41) is 10.3. The summed E-state index contributed by atoms with van der Waals surface area (Å²) in [6.07, 6.45) is 2.15. The van der Waals surface area contributed by atoms with E-state index < -0.39 is 0 Å². The third-order valence-corrected chi connectivity index (χ3v) is 4.67. The molecular formula is C14H28N2O. The van der Waals surface area contributed by atoms with E-state index in [9.17, 15) is 5.11 Å². The smallest absolute Gasteiger partial charge is 0.0700 e. The Bertz CT molecular complexity index is 226. The molecular weight excluding hydrogens is 212 g/mol. The van der Waals surface area contributed by atoms with Crippen LogP contribution in [-0.2, 0) is 0 Å². The van der Waals surface area contributed by atoms with Gasteiger partial charge in [-0.05, 0) is 31.2 Å². The fourth-order valence-electron chi connectivity index (χ4n) is 3.78. The summed E-state index contributed by atoms with van der Waals surface area (Å²) in [5.74, 6) is 1.33. The largest absolute Gasteiger partial charge is 0.391 e. The van der Waals surface area contributed by atoms with Crippen molar-refractivity contribution in [2.45, 2.75) is 45.8 Å². The Morgan fingerprint density at radius 3 is 2.24 bits per heavy atom. The molecule has 2 aliphatic rings. The van der Waals surface area contributed by atoms with Crippen molar-refractivity contribution in [2.75, 3.05) is 32.7 Å². The van der Waals surface area contributed by atoms with Gasteiger partial charge in [-0.25, -0.2) is 0 Å². The van der Waals surface area contributed by atoms with Gasteiger partial charge in [-0.15, -0.1) is 0 Å². The maximum Gasteiger partial charge on any atom is 0.0700 e. The Kier molecular flexibility index (Phi) is 4.45. The van der Waals surface area contributed by atoms with Crippen LogP contribution in [0.5, 0.6) is 0 Å². The second kappa shape index (κ2) is 5.68. The van der Waals surface area contributed by atoms with Crippen LogP contribution in [0.2, 0.25) is 0 Å². The van der Waals surface area contributed by atoms with Crippen molar-refractivity contribution in [3.05, 3.63) is 0 Å². The fourth-order valence-corrected chi connectivity index (χ4v) is 3.78. The monoisotopic (exact) mass is 240 g/mol. The minimum absolute atomic E-state index is 0.109. The fraction of sp³-hybridized carbons (Fsp3) is 1.00. The minimum atomic E-state index is -0.109. The second-order valence-corrected chi connectivity index (χ2v) is 6.08. The molecule has 0 spiro atoms. The lowest BCUT2D eigenvalue weighted by Crippen LogP contribution is -2.57. The van der Waals surface area contributed by atoms with Crippen LogP contribution in [0.25, 0.3) is 0 Å². The first-order valence-corrected chi connectivity index (χ1v) is 7.26. The molecule has 100 valence electrons. The molecule has 0 aromatic rings. The van der Waals surface area contributed by atoms with Crippen LogP contribution in [0.3, 0.4) is 0 Å². The second-order valence-electron chi connectivity index (χ2n) is 6.08. The summed E-state index contributed by atoms with van der Waals surface area (Å²) >= 11 is 0. The summed E-state index contributed by atoms with van der Waals surface area (Å²) < 4.78 is 0. The molecule has 1 aliphatic heterocycles. The van der Waals surface area contributed by atoms with Crippen molar-refractivity contribution in [1.29, 1.82) is 0 Å². The van der Waals surface area contributed by atoms with E-state index in [2.05, 4.69) is 30.6 Å². The van der Waals surface area contributed by atoms with Crippen molar-refractivity contribution in [3.8, 4) is 0 Å². The molecule has 0 amide bonds. The Morgan fingerprint density at radius 2 is 1.71 bits per heavy atom. The molecule has 0 aromatic carbocycles. The molecule has 2 rings (SSSR count). The van der Waals surface area contributed by atoms with Gasteiger partial charge >= 0.3 is 0 Å². The zero-order valence-corrected chi connectivity index (χ0v) is 11.6. The van der Waals surface area contributed by atoms with Crippen LogP contribution >= 0.6 is 0 Å². The molecule has 1 heterocycles. The molecule has 0 aromatic heterocycles. The molecule has 0 radical (unpaired) electrons. The van der Waals surface area contributed by atoms with E-state index in [0.29, 0.717) is 17.9 Å². The first-order chi connectivity index (χ1) is 8.11. The molecule has 1 aliphatic carbocycles. The highest BCUT2D eigenvalue weighted by atomic mass is 16.3. The maximum absolute atomic E-state index is 10.3. The van der Waals surface area contributed by atoms with Crippen molar-refractivity contribution in [3.63, 3.8) is 0 Å². The predicted octanol–water partition coefficient (Wildman–Crippen LogP) is 1.42. The molecule has 1 saturated heterocycles. The molecule has 1 saturated carbocycles. The van der Waals surface area contributed by atoms with Gasteiger partial charge in [0.15, 0.2) is 0 Å². The van der Waals surface area contributed by atoms with Gasteiger partial charge in [0, 0.05) is 32.2 Å². The van der Waals surface area contributed by atoms with Gasteiger partial charge in [-0.2, -0.15) is 0 Å². The summed E-state index contributed by atoms with van der Waals surface area (Å²) in [4.78, 5) is 5.03. The van der Waals surface area contributed by atoms with Crippen LogP contribution in [0.1, 0.15) is 33.6 Å². The van der Waals surface area contributed by atoms with Crippen LogP contribution in [0, 0.1) is 11.8 Å². The predicted molar refractivity (Wildman–Crippen MR) is 71.0 cm³/mol. The summed E-state index contributed by atoms with van der Waals surface area (Å²) in [5.41, 5.74) is 0. The third-order valence-electron chi connectivity index (χ3n) is 4.67. The molecule has 3 nitrogen and oxygen atoms in total. The van der Waals surface area contributed by atoms with Gasteiger partial charge < -0.3 is 10.0 Å². The minimum Gasteiger partial charge on any atom is -0.391 e. The van der Waals surface area contributed by atoms with Crippen molar-refractivity contribution < 1.29 is 5.11 Å². The van der Waals surface area contributed by atoms with Gasteiger partial charge in [-0.1, -0.05) is 20.8 Å². The average Bonchev–Trinajstić information content (AvgIpc) is 2.28. The van der Waals surface area contributed by atoms with Crippen LogP contribution in [0.4, 0.5) is 0 Å². The van der Waals surface area contributed by atoms with E-state index in [1.54, 1.807) is 0 Å². The van der Waals surface area contributed by atoms with E-state index in [1.807, 2.05) is 0 Å². The molecule has 4 atom stereocenters. The van der Waals surface area contributed by atoms with Crippen LogP contribution in [0.15, 0.2) is 0 Å². The number of hydrogen-bond acceptors (Lipinski definition) is 3. The molecule has 4 unspecified atom stereocenters. The van der Waals surface area contributed by atoms with Gasteiger partial charge in [-0.3, -0.25) is 4.90 Å². The first kappa shape index (κ1) is 13.3. The van der Waals surface area contributed by atoms with Gasteiger partial charge in [0.05, 0.1) is 6.10 Å². The standard InChI is InChI=1S/C14H28N2O/c1-4-15-5-7-16(8-6-15)14-12(3)9-11(2)10-13(14)17/h11-14,17H,4-10H2,1-3H3. The lowest BCUT2D eigenvalue weighted by atomic mass is 9.77. The first-order valence-electron chi connectivity index (χ1n) is 7.26. The topological polar surface area (TPSA) is 26.7 Å². The van der Waals surface area contributed by atoms with E-state index >= 15 is 0 Å². The average molecular weight is 240 g/mol. The summed E-state index contributed by atoms with van der Waals surface area (Å²) in [6.45, 7) is 12.6. The number of piperazine rings is 1. The molecule has 2 fully saturated rings. The van der Waals surface area contributed by atoms with Crippen molar-refractivity contribution in [2.24, 2.45) is 11.8 Å². The third kappa shape index (κ3) is 3.01. The number of aliphatic hydroxyl groups excluding tert-OH is 1. The van der Waals surface area contributed by atoms with Crippen molar-refractivity contribution in [1.82, 2.24) is 9.80 Å². The Balaban J connectivity index is 1.93.